The van der Waals surface area contributed by atoms with E-state index in [2.05, 4.69) is 46.7 Å². The average Bonchev–Trinajstić information content (AvgIpc) is 3.15. The Kier molecular flexibility index (Phi) is 5.99. The molecule has 0 saturated carbocycles. The second-order valence-electron chi connectivity index (χ2n) is 5.39. The van der Waals surface area contributed by atoms with E-state index in [-0.39, 0.29) is 6.10 Å². The molecule has 27 heavy (non-hydrogen) atoms. The van der Waals surface area contributed by atoms with E-state index in [9.17, 15) is 4.79 Å². The third kappa shape index (κ3) is 4.41. The molecule has 0 aliphatic carbocycles. The van der Waals surface area contributed by atoms with Gasteiger partial charge in [-0.25, -0.2) is 9.78 Å². The molecule has 11 heteroatoms. The van der Waals surface area contributed by atoms with Crippen LogP contribution in [0.4, 0.5) is 16.2 Å². The van der Waals surface area contributed by atoms with Crippen LogP contribution in [0, 0.1) is 0 Å². The van der Waals surface area contributed by atoms with Gasteiger partial charge in [0.15, 0.2) is 5.82 Å². The van der Waals surface area contributed by atoms with Crippen molar-refractivity contribution in [3.05, 3.63) is 52.1 Å². The number of anilines is 2. The van der Waals surface area contributed by atoms with Crippen molar-refractivity contribution in [1.29, 1.82) is 0 Å². The number of nitrogens with zero attached hydrogens (tertiary/aromatic N) is 5. The number of methoxy groups -OCH3 is 1. The van der Waals surface area contributed by atoms with Crippen molar-refractivity contribution >= 4 is 44.9 Å². The van der Waals surface area contributed by atoms with Crippen molar-refractivity contribution in [2.24, 2.45) is 0 Å². The molecule has 3 aromatic heterocycles. The van der Waals surface area contributed by atoms with Gasteiger partial charge in [0.1, 0.15) is 0 Å². The average molecular weight is 453 g/mol. The van der Waals surface area contributed by atoms with Gasteiger partial charge in [0.2, 0.25) is 0 Å². The first kappa shape index (κ1) is 19.2. The molecule has 0 radical (unpaired) electrons. The molecule has 9 nitrogen and oxygen atoms in total. The van der Waals surface area contributed by atoms with Gasteiger partial charge < -0.3 is 15.4 Å². The smallest absolute Gasteiger partial charge is 0.323 e. The number of rotatable bonds is 5. The third-order valence-corrected chi connectivity index (χ3v) is 4.55. The van der Waals surface area contributed by atoms with Gasteiger partial charge in [-0.05, 0) is 28.9 Å². The molecule has 0 bridgehead atoms. The van der Waals surface area contributed by atoms with Crippen molar-refractivity contribution in [2.45, 2.75) is 13.0 Å². The number of hydrogen-bond acceptors (Lipinski definition) is 6. The molecule has 1 unspecified atom stereocenters. The zero-order chi connectivity index (χ0) is 19.4. The Bertz CT molecular complexity index is 952. The fraction of sp³-hybridized carbons (Fsp3) is 0.188. The molecule has 0 saturated heterocycles. The first-order valence-corrected chi connectivity index (χ1v) is 8.93. The number of carbonyl (C=O) groups excluding carboxylic acids is 1. The molecule has 3 heterocycles. The van der Waals surface area contributed by atoms with E-state index in [1.54, 1.807) is 25.6 Å². The van der Waals surface area contributed by atoms with Gasteiger partial charge in [-0.3, -0.25) is 4.98 Å². The van der Waals surface area contributed by atoms with Crippen LogP contribution in [0.25, 0.3) is 5.82 Å². The quantitative estimate of drug-likeness (QED) is 0.609. The highest BCUT2D eigenvalue weighted by Gasteiger charge is 2.17. The molecular weight excluding hydrogens is 438 g/mol. The molecule has 140 valence electrons. The monoisotopic (exact) mass is 451 g/mol. The van der Waals surface area contributed by atoms with Gasteiger partial charge in [0, 0.05) is 23.3 Å². The van der Waals surface area contributed by atoms with E-state index in [0.29, 0.717) is 22.2 Å². The largest absolute Gasteiger partial charge is 0.377 e. The molecule has 1 atom stereocenters. The summed E-state index contributed by atoms with van der Waals surface area (Å²) in [6.07, 6.45) is 7.44. The number of hydrogen-bond donors (Lipinski definition) is 2. The Hall–Kier alpha value is -2.56. The number of pyridine rings is 2. The predicted octanol–water partition coefficient (Wildman–Crippen LogP) is 3.82. The third-order valence-electron chi connectivity index (χ3n) is 3.64. The summed E-state index contributed by atoms with van der Waals surface area (Å²) < 4.78 is 6.08. The standard InChI is InChI=1S/C16H15BrClN7O2/c1-9(27-2)14-11(17)7-19-8-13(14)24-16(26)23-10-5-12(18)15(20-6-10)25-21-3-4-22-25/h3-9H,1-2H3,(H2,23,24,26). The molecule has 0 aromatic carbocycles. The van der Waals surface area contributed by atoms with Crippen LogP contribution in [0.1, 0.15) is 18.6 Å². The molecule has 0 fully saturated rings. The minimum absolute atomic E-state index is 0.241. The molecule has 2 N–H and O–H groups in total. The van der Waals surface area contributed by atoms with E-state index < -0.39 is 6.03 Å². The summed E-state index contributed by atoms with van der Waals surface area (Å²) in [5.41, 5.74) is 1.71. The van der Waals surface area contributed by atoms with Crippen molar-refractivity contribution in [2.75, 3.05) is 17.7 Å². The maximum Gasteiger partial charge on any atom is 0.323 e. The van der Waals surface area contributed by atoms with E-state index in [1.165, 1.54) is 23.4 Å². The van der Waals surface area contributed by atoms with Gasteiger partial charge >= 0.3 is 6.03 Å². The second-order valence-corrected chi connectivity index (χ2v) is 6.65. The topological polar surface area (TPSA) is 107 Å². The molecule has 3 aromatic rings. The molecule has 0 aliphatic rings. The van der Waals surface area contributed by atoms with Crippen LogP contribution in [0.2, 0.25) is 5.02 Å². The second kappa shape index (κ2) is 8.42. The summed E-state index contributed by atoms with van der Waals surface area (Å²) in [5.74, 6) is 0.361. The van der Waals surface area contributed by atoms with Gasteiger partial charge in [-0.2, -0.15) is 10.2 Å². The van der Waals surface area contributed by atoms with Crippen LogP contribution in [0.3, 0.4) is 0 Å². The number of ether oxygens (including phenoxy) is 1. The first-order valence-electron chi connectivity index (χ1n) is 7.76. The Morgan fingerprint density at radius 2 is 2.00 bits per heavy atom. The van der Waals surface area contributed by atoms with Crippen LogP contribution in [-0.2, 0) is 4.74 Å². The van der Waals surface area contributed by atoms with Crippen LogP contribution in [0.5, 0.6) is 0 Å². The molecular formula is C16H15BrClN7O2. The Morgan fingerprint density at radius 3 is 2.67 bits per heavy atom. The predicted molar refractivity (Wildman–Crippen MR) is 104 cm³/mol. The van der Waals surface area contributed by atoms with Gasteiger partial charge in [-0.1, -0.05) is 11.6 Å². The van der Waals surface area contributed by atoms with E-state index >= 15 is 0 Å². The summed E-state index contributed by atoms with van der Waals surface area (Å²) in [5, 5.41) is 13.7. The maximum absolute atomic E-state index is 12.4. The van der Waals surface area contributed by atoms with Crippen LogP contribution in [0.15, 0.2) is 41.5 Å². The van der Waals surface area contributed by atoms with Crippen LogP contribution >= 0.6 is 27.5 Å². The lowest BCUT2D eigenvalue weighted by molar-refractivity contribution is 0.119. The number of halogens is 2. The van der Waals surface area contributed by atoms with Gasteiger partial charge in [0.25, 0.3) is 0 Å². The Morgan fingerprint density at radius 1 is 1.26 bits per heavy atom. The summed E-state index contributed by atoms with van der Waals surface area (Å²) in [6, 6.07) is 1.09. The number of carbonyl (C=O) groups is 1. The van der Waals surface area contributed by atoms with Gasteiger partial charge in [-0.15, -0.1) is 4.80 Å². The number of nitrogens with one attached hydrogen (secondary N) is 2. The molecule has 3 rings (SSSR count). The van der Waals surface area contributed by atoms with Crippen molar-refractivity contribution < 1.29 is 9.53 Å². The van der Waals surface area contributed by atoms with Crippen molar-refractivity contribution in [3.8, 4) is 5.82 Å². The minimum Gasteiger partial charge on any atom is -0.377 e. The molecule has 0 spiro atoms. The Balaban J connectivity index is 1.75. The van der Waals surface area contributed by atoms with Crippen molar-refractivity contribution in [1.82, 2.24) is 25.0 Å². The summed E-state index contributed by atoms with van der Waals surface area (Å²) in [4.78, 5) is 21.9. The molecule has 2 amide bonds. The number of urea groups is 1. The summed E-state index contributed by atoms with van der Waals surface area (Å²) in [7, 11) is 1.59. The highest BCUT2D eigenvalue weighted by Crippen LogP contribution is 2.31. The number of amides is 2. The van der Waals surface area contributed by atoms with Crippen LogP contribution in [-0.4, -0.2) is 38.1 Å². The first-order chi connectivity index (χ1) is 13.0. The normalized spacial score (nSPS) is 11.9. The van der Waals surface area contributed by atoms with Gasteiger partial charge in [0.05, 0.1) is 47.3 Å². The fourth-order valence-electron chi connectivity index (χ4n) is 2.33. The maximum atomic E-state index is 12.4. The molecule has 0 aliphatic heterocycles. The number of aromatic nitrogens is 5. The SMILES string of the molecule is COC(C)c1c(Br)cncc1NC(=O)Nc1cnc(-n2nccn2)c(Cl)c1. The highest BCUT2D eigenvalue weighted by molar-refractivity contribution is 9.10. The minimum atomic E-state index is -0.470. The Labute approximate surface area is 168 Å². The fourth-order valence-corrected chi connectivity index (χ4v) is 3.23. The zero-order valence-electron chi connectivity index (χ0n) is 14.3. The lowest BCUT2D eigenvalue weighted by atomic mass is 10.1. The van der Waals surface area contributed by atoms with Crippen LogP contribution < -0.4 is 10.6 Å². The summed E-state index contributed by atoms with van der Waals surface area (Å²) >= 11 is 9.63. The van der Waals surface area contributed by atoms with Crippen molar-refractivity contribution in [3.63, 3.8) is 0 Å². The summed E-state index contributed by atoms with van der Waals surface area (Å²) in [6.45, 7) is 1.87. The lowest BCUT2D eigenvalue weighted by Gasteiger charge is -2.17. The highest BCUT2D eigenvalue weighted by atomic mass is 79.9. The van der Waals surface area contributed by atoms with E-state index in [1.807, 2.05) is 6.92 Å². The van der Waals surface area contributed by atoms with E-state index in [4.69, 9.17) is 16.3 Å². The zero-order valence-corrected chi connectivity index (χ0v) is 16.7. The lowest BCUT2D eigenvalue weighted by Crippen LogP contribution is -2.21. The van der Waals surface area contributed by atoms with E-state index in [0.717, 1.165) is 10.0 Å².